The number of hydrogen-bond donors (Lipinski definition) is 0. The summed E-state index contributed by atoms with van der Waals surface area (Å²) >= 11 is 0. The maximum Gasteiger partial charge on any atom is 0.260 e. The molecular formula is C23H25N3O3. The van der Waals surface area contributed by atoms with Crippen LogP contribution >= 0.6 is 0 Å². The molecule has 4 rings (SSSR count). The molecule has 0 atom stereocenters. The van der Waals surface area contributed by atoms with E-state index in [0.29, 0.717) is 23.4 Å². The van der Waals surface area contributed by atoms with E-state index in [-0.39, 0.29) is 12.5 Å². The fourth-order valence-corrected chi connectivity index (χ4v) is 3.37. The molecule has 1 amide bonds. The lowest BCUT2D eigenvalue weighted by Crippen LogP contribution is -2.40. The van der Waals surface area contributed by atoms with Gasteiger partial charge in [-0.25, -0.2) is 0 Å². The van der Waals surface area contributed by atoms with E-state index in [1.165, 1.54) is 5.56 Å². The fraction of sp³-hybridized carbons (Fsp3) is 0.348. The van der Waals surface area contributed by atoms with E-state index in [1.54, 1.807) is 0 Å². The molecule has 1 saturated heterocycles. The lowest BCUT2D eigenvalue weighted by atomic mass is 9.99. The maximum atomic E-state index is 12.4. The van der Waals surface area contributed by atoms with Crippen LogP contribution in [0.25, 0.3) is 22.8 Å². The van der Waals surface area contributed by atoms with Crippen molar-refractivity contribution >= 4 is 5.91 Å². The number of likely N-dealkylation sites (tertiary alicyclic amines) is 1. The molecule has 1 aliphatic rings. The molecule has 0 unspecified atom stereocenters. The van der Waals surface area contributed by atoms with Crippen LogP contribution < -0.4 is 4.74 Å². The number of ether oxygens (including phenoxy) is 1. The standard InChI is InChI=1S/C23H25N3O3/c1-16-6-8-18(9-7-16)23-24-22(25-29-23)19-4-3-5-20(14-19)28-15-21(27)26-12-10-17(2)11-13-26/h3-9,14,17H,10-13,15H2,1-2H3. The van der Waals surface area contributed by atoms with Crippen LogP contribution in [0.15, 0.2) is 53.1 Å². The number of hydrogen-bond acceptors (Lipinski definition) is 5. The van der Waals surface area contributed by atoms with Crippen molar-refractivity contribution < 1.29 is 14.1 Å². The Kier molecular flexibility index (Phi) is 5.60. The smallest absolute Gasteiger partial charge is 0.260 e. The highest BCUT2D eigenvalue weighted by Gasteiger charge is 2.20. The van der Waals surface area contributed by atoms with Crippen molar-refractivity contribution in [1.82, 2.24) is 15.0 Å². The molecule has 6 heteroatoms. The Morgan fingerprint density at radius 2 is 1.90 bits per heavy atom. The third kappa shape index (κ3) is 4.65. The lowest BCUT2D eigenvalue weighted by Gasteiger charge is -2.30. The van der Waals surface area contributed by atoms with Crippen LogP contribution in [0.2, 0.25) is 0 Å². The van der Waals surface area contributed by atoms with E-state index in [4.69, 9.17) is 9.26 Å². The molecule has 3 aromatic rings. The van der Waals surface area contributed by atoms with Gasteiger partial charge in [-0.1, -0.05) is 41.9 Å². The number of nitrogens with zero attached hydrogens (tertiary/aromatic N) is 3. The summed E-state index contributed by atoms with van der Waals surface area (Å²) in [6, 6.07) is 15.3. The molecule has 6 nitrogen and oxygen atoms in total. The Bertz CT molecular complexity index is 973. The Labute approximate surface area is 170 Å². The van der Waals surface area contributed by atoms with Crippen molar-refractivity contribution in [2.24, 2.45) is 5.92 Å². The highest BCUT2D eigenvalue weighted by Crippen LogP contribution is 2.25. The number of aryl methyl sites for hydroxylation is 1. The molecule has 0 saturated carbocycles. The molecule has 2 aromatic carbocycles. The highest BCUT2D eigenvalue weighted by atomic mass is 16.5. The second-order valence-corrected chi connectivity index (χ2v) is 7.67. The molecule has 0 bridgehead atoms. The number of aromatic nitrogens is 2. The van der Waals surface area contributed by atoms with E-state index < -0.39 is 0 Å². The first kappa shape index (κ1) is 19.2. The van der Waals surface area contributed by atoms with Crippen LogP contribution in [0.1, 0.15) is 25.3 Å². The number of amides is 1. The van der Waals surface area contributed by atoms with Crippen LogP contribution in [0.3, 0.4) is 0 Å². The quantitative estimate of drug-likeness (QED) is 0.647. The summed E-state index contributed by atoms with van der Waals surface area (Å²) < 4.78 is 11.1. The minimum absolute atomic E-state index is 0.0310. The zero-order valence-electron chi connectivity index (χ0n) is 16.8. The van der Waals surface area contributed by atoms with Gasteiger partial charge in [0, 0.05) is 24.2 Å². The second kappa shape index (κ2) is 8.47. The molecule has 0 radical (unpaired) electrons. The number of carbonyl (C=O) groups excluding carboxylic acids is 1. The largest absolute Gasteiger partial charge is 0.484 e. The van der Waals surface area contributed by atoms with E-state index in [0.717, 1.165) is 37.1 Å². The Hall–Kier alpha value is -3.15. The molecule has 2 heterocycles. The third-order valence-electron chi connectivity index (χ3n) is 5.32. The van der Waals surface area contributed by atoms with Gasteiger partial charge >= 0.3 is 0 Å². The predicted octanol–water partition coefficient (Wildman–Crippen LogP) is 4.35. The molecule has 0 N–H and O–H groups in total. The summed E-state index contributed by atoms with van der Waals surface area (Å²) in [5.41, 5.74) is 2.83. The van der Waals surface area contributed by atoms with E-state index in [9.17, 15) is 4.79 Å². The maximum absolute atomic E-state index is 12.4. The average Bonchev–Trinajstić information content (AvgIpc) is 3.24. The van der Waals surface area contributed by atoms with Crippen molar-refractivity contribution in [3.8, 4) is 28.6 Å². The summed E-state index contributed by atoms with van der Waals surface area (Å²) in [4.78, 5) is 18.8. The van der Waals surface area contributed by atoms with Crippen molar-refractivity contribution in [2.75, 3.05) is 19.7 Å². The van der Waals surface area contributed by atoms with Crippen molar-refractivity contribution in [1.29, 1.82) is 0 Å². The topological polar surface area (TPSA) is 68.5 Å². The minimum atomic E-state index is 0.0310. The SMILES string of the molecule is Cc1ccc(-c2nc(-c3cccc(OCC(=O)N4CCC(C)CC4)c3)no2)cc1. The molecule has 150 valence electrons. The molecule has 0 aliphatic carbocycles. The second-order valence-electron chi connectivity index (χ2n) is 7.67. The van der Waals surface area contributed by atoms with Crippen LogP contribution in [0, 0.1) is 12.8 Å². The van der Waals surface area contributed by atoms with Gasteiger partial charge < -0.3 is 14.2 Å². The van der Waals surface area contributed by atoms with Crippen LogP contribution in [-0.4, -0.2) is 40.6 Å². The van der Waals surface area contributed by atoms with Gasteiger partial charge in [0.1, 0.15) is 5.75 Å². The highest BCUT2D eigenvalue weighted by molar-refractivity contribution is 5.78. The first-order valence-corrected chi connectivity index (χ1v) is 10.0. The monoisotopic (exact) mass is 391 g/mol. The number of rotatable bonds is 5. The van der Waals surface area contributed by atoms with E-state index in [1.807, 2.05) is 60.4 Å². The van der Waals surface area contributed by atoms with Gasteiger partial charge in [-0.3, -0.25) is 4.79 Å². The summed E-state index contributed by atoms with van der Waals surface area (Å²) in [6.07, 6.45) is 2.12. The predicted molar refractivity (Wildman–Crippen MR) is 110 cm³/mol. The molecule has 1 aromatic heterocycles. The zero-order chi connectivity index (χ0) is 20.2. The average molecular weight is 391 g/mol. The first-order chi connectivity index (χ1) is 14.1. The summed E-state index contributed by atoms with van der Waals surface area (Å²) in [6.45, 7) is 5.93. The number of carbonyl (C=O) groups is 1. The molecular weight excluding hydrogens is 366 g/mol. The summed E-state index contributed by atoms with van der Waals surface area (Å²) in [7, 11) is 0. The van der Waals surface area contributed by atoms with E-state index >= 15 is 0 Å². The molecule has 1 fully saturated rings. The minimum Gasteiger partial charge on any atom is -0.484 e. The normalized spacial score (nSPS) is 14.8. The van der Waals surface area contributed by atoms with Gasteiger partial charge in [0.2, 0.25) is 5.82 Å². The fourth-order valence-electron chi connectivity index (χ4n) is 3.37. The van der Waals surface area contributed by atoms with Gasteiger partial charge in [-0.15, -0.1) is 0 Å². The Balaban J connectivity index is 1.41. The van der Waals surface area contributed by atoms with Gasteiger partial charge in [0.05, 0.1) is 0 Å². The Morgan fingerprint density at radius 3 is 2.66 bits per heavy atom. The number of benzene rings is 2. The Morgan fingerprint density at radius 1 is 1.14 bits per heavy atom. The van der Waals surface area contributed by atoms with Crippen LogP contribution in [-0.2, 0) is 4.79 Å². The molecule has 29 heavy (non-hydrogen) atoms. The third-order valence-corrected chi connectivity index (χ3v) is 5.32. The molecule has 1 aliphatic heterocycles. The van der Waals surface area contributed by atoms with Crippen molar-refractivity contribution in [2.45, 2.75) is 26.7 Å². The summed E-state index contributed by atoms with van der Waals surface area (Å²) in [5, 5.41) is 4.09. The van der Waals surface area contributed by atoms with Gasteiger partial charge in [0.15, 0.2) is 6.61 Å². The van der Waals surface area contributed by atoms with Gasteiger partial charge in [-0.2, -0.15) is 4.98 Å². The lowest BCUT2D eigenvalue weighted by molar-refractivity contribution is -0.134. The first-order valence-electron chi connectivity index (χ1n) is 10.0. The molecule has 0 spiro atoms. The number of piperidine rings is 1. The van der Waals surface area contributed by atoms with Crippen LogP contribution in [0.5, 0.6) is 5.75 Å². The van der Waals surface area contributed by atoms with Crippen molar-refractivity contribution in [3.05, 3.63) is 54.1 Å². The summed E-state index contributed by atoms with van der Waals surface area (Å²) in [5.74, 6) is 2.30. The van der Waals surface area contributed by atoms with Gasteiger partial charge in [0.25, 0.3) is 11.8 Å². The van der Waals surface area contributed by atoms with Gasteiger partial charge in [-0.05, 0) is 49.9 Å². The van der Waals surface area contributed by atoms with Crippen LogP contribution in [0.4, 0.5) is 0 Å². The van der Waals surface area contributed by atoms with Crippen molar-refractivity contribution in [3.63, 3.8) is 0 Å². The van der Waals surface area contributed by atoms with E-state index in [2.05, 4.69) is 17.1 Å². The zero-order valence-corrected chi connectivity index (χ0v) is 16.8.